The standard InChI is InChI=1S/C43H50N2O11S2/c1-31-35(36-20-18-33(44(24-26-54-3)25-27-55-4)29-39(36)56-42(31)32-13-7-5-8-14-32)15-9-6-10-16-40-43(2,22-11-17-41(46)47)37-30-34(58(51,52)53)19-21-38(37)45(40)23-12-28-57(48,49)50/h5-10,13-16,18-21,29-30H,11-12,17,22-28H2,1-4H3,(H2-,46,47,48,49,50,51,52,53)/p-1. The van der Waals surface area contributed by atoms with Crippen molar-refractivity contribution in [2.45, 2.75) is 49.8 Å². The summed E-state index contributed by atoms with van der Waals surface area (Å²) in [6.45, 7) is 6.33. The third-order valence-electron chi connectivity index (χ3n) is 10.3. The number of aliphatic carboxylic acids is 1. The zero-order valence-corrected chi connectivity index (χ0v) is 34.7. The third kappa shape index (κ3) is 10.8. The van der Waals surface area contributed by atoms with Gasteiger partial charge in [-0.3, -0.25) is 4.79 Å². The van der Waals surface area contributed by atoms with Crippen LogP contribution in [0.3, 0.4) is 0 Å². The first-order valence-electron chi connectivity index (χ1n) is 18.8. The first kappa shape index (κ1) is 44.2. The Balaban J connectivity index is 1.60. The van der Waals surface area contributed by atoms with Gasteiger partial charge in [0.15, 0.2) is 13.1 Å². The number of benzene rings is 3. The second kappa shape index (κ2) is 19.2. The van der Waals surface area contributed by atoms with Crippen molar-refractivity contribution in [2.24, 2.45) is 0 Å². The van der Waals surface area contributed by atoms with Crippen molar-refractivity contribution in [3.8, 4) is 22.6 Å². The molecular formula is C43H49N2O11S2-. The Labute approximate surface area is 340 Å². The van der Waals surface area contributed by atoms with E-state index in [0.717, 1.165) is 27.6 Å². The van der Waals surface area contributed by atoms with Gasteiger partial charge in [0.1, 0.15) is 34.9 Å². The molecule has 5 rings (SSSR count). The van der Waals surface area contributed by atoms with Gasteiger partial charge in [-0.2, -0.15) is 0 Å². The molecule has 2 aromatic carbocycles. The van der Waals surface area contributed by atoms with Crippen molar-refractivity contribution in [2.75, 3.05) is 57.7 Å². The molecule has 2 aromatic rings. The fourth-order valence-electron chi connectivity index (χ4n) is 7.42. The predicted octanol–water partition coefficient (Wildman–Crippen LogP) is 5.75. The smallest absolute Gasteiger partial charge is 0.303 e. The number of hydrogen-bond donors (Lipinski definition) is 1. The molecule has 1 N–H and O–H groups in total. The predicted molar refractivity (Wildman–Crippen MR) is 220 cm³/mol. The Bertz CT molecular complexity index is 2440. The monoisotopic (exact) mass is 833 g/mol. The minimum absolute atomic E-state index is 0.0214. The number of carbonyl (C=O) groups is 1. The number of nitrogens with zero attached hydrogens (tertiary/aromatic N) is 2. The number of rotatable bonds is 19. The molecule has 1 unspecified atom stereocenters. The second-order valence-corrected chi connectivity index (χ2v) is 17.2. The number of methoxy groups -OCH3 is 2. The molecule has 1 aliphatic carbocycles. The molecule has 0 aromatic heterocycles. The Kier molecular flexibility index (Phi) is 14.7. The number of allylic oxidation sites excluding steroid dienone is 5. The molecule has 310 valence electrons. The molecule has 2 heterocycles. The molecule has 58 heavy (non-hydrogen) atoms. The summed E-state index contributed by atoms with van der Waals surface area (Å²) in [6, 6.07) is 19.9. The van der Waals surface area contributed by atoms with E-state index >= 15 is 0 Å². The number of fused-ring (bicyclic) bond motifs is 2. The first-order chi connectivity index (χ1) is 27.6. The summed E-state index contributed by atoms with van der Waals surface area (Å²) in [5.74, 6) is -0.214. The van der Waals surface area contributed by atoms with E-state index in [-0.39, 0.29) is 32.2 Å². The quantitative estimate of drug-likeness (QED) is 0.0685. The van der Waals surface area contributed by atoms with E-state index in [9.17, 15) is 35.8 Å². The molecule has 0 bridgehead atoms. The summed E-state index contributed by atoms with van der Waals surface area (Å²) in [5, 5.41) is 10.4. The van der Waals surface area contributed by atoms with Gasteiger partial charge in [0.05, 0.1) is 21.1 Å². The van der Waals surface area contributed by atoms with Crippen LogP contribution in [-0.4, -0.2) is 89.8 Å². The van der Waals surface area contributed by atoms with Gasteiger partial charge < -0.3 is 33.0 Å². The zero-order valence-electron chi connectivity index (χ0n) is 33.0. The van der Waals surface area contributed by atoms with Crippen molar-refractivity contribution >= 4 is 38.0 Å². The van der Waals surface area contributed by atoms with Crippen LogP contribution in [0.1, 0.15) is 49.3 Å². The summed E-state index contributed by atoms with van der Waals surface area (Å²) in [7, 11) is -6.02. The Morgan fingerprint density at radius 2 is 1.64 bits per heavy atom. The highest BCUT2D eigenvalue weighted by Gasteiger charge is 2.43. The van der Waals surface area contributed by atoms with Crippen LogP contribution in [0.25, 0.3) is 28.7 Å². The molecule has 0 saturated heterocycles. The van der Waals surface area contributed by atoms with Crippen LogP contribution in [0.5, 0.6) is 0 Å². The van der Waals surface area contributed by atoms with Gasteiger partial charge in [-0.05, 0) is 74.6 Å². The highest BCUT2D eigenvalue weighted by Crippen LogP contribution is 2.51. The lowest BCUT2D eigenvalue weighted by Crippen LogP contribution is -2.35. The molecule has 1 atom stereocenters. The van der Waals surface area contributed by atoms with Crippen LogP contribution in [0.15, 0.2) is 106 Å². The van der Waals surface area contributed by atoms with Gasteiger partial charge in [0, 0.05) is 72.5 Å². The van der Waals surface area contributed by atoms with E-state index in [4.69, 9.17) is 13.9 Å². The molecule has 2 aliphatic heterocycles. The highest BCUT2D eigenvalue weighted by molar-refractivity contribution is 7.86. The lowest BCUT2D eigenvalue weighted by molar-refractivity contribution is -0.137. The SMILES string of the molecule is COCC[N+](CCOC)=c1ccc2c(/C=C/C=C/C=C3\N(CCCS(=O)(=O)[O-])c4ccc(S(=O)(=O)[O-])cc4C3(C)CCCC(=O)O)c(C)c(-c3ccccc3)oc-2c1. The molecular weight excluding hydrogens is 785 g/mol. The molecule has 0 spiro atoms. The van der Waals surface area contributed by atoms with Gasteiger partial charge in [0.25, 0.3) is 0 Å². The number of hydrogen-bond acceptors (Lipinski definition) is 11. The maximum Gasteiger partial charge on any atom is 0.303 e. The van der Waals surface area contributed by atoms with Gasteiger partial charge in [-0.15, -0.1) is 0 Å². The fourth-order valence-corrected chi connectivity index (χ4v) is 8.40. The van der Waals surface area contributed by atoms with Gasteiger partial charge in [0.2, 0.25) is 5.36 Å². The van der Waals surface area contributed by atoms with E-state index in [1.807, 2.05) is 86.7 Å². The molecule has 0 fully saturated rings. The summed E-state index contributed by atoms with van der Waals surface area (Å²) >= 11 is 0. The van der Waals surface area contributed by atoms with Crippen molar-refractivity contribution < 1.29 is 49.7 Å². The van der Waals surface area contributed by atoms with Crippen molar-refractivity contribution in [3.63, 3.8) is 0 Å². The van der Waals surface area contributed by atoms with Gasteiger partial charge >= 0.3 is 5.97 Å². The lowest BCUT2D eigenvalue weighted by Gasteiger charge is -2.30. The van der Waals surface area contributed by atoms with E-state index in [2.05, 4.69) is 4.58 Å². The summed E-state index contributed by atoms with van der Waals surface area (Å²) < 4.78 is 90.3. The number of anilines is 1. The van der Waals surface area contributed by atoms with Crippen LogP contribution in [0.4, 0.5) is 5.69 Å². The lowest BCUT2D eigenvalue weighted by atomic mass is 9.77. The van der Waals surface area contributed by atoms with Crippen molar-refractivity contribution in [1.82, 2.24) is 4.58 Å². The maximum absolute atomic E-state index is 12.1. The topological polar surface area (TPSA) is 190 Å². The van der Waals surface area contributed by atoms with E-state index in [1.54, 1.807) is 25.2 Å². The van der Waals surface area contributed by atoms with E-state index < -0.39 is 42.3 Å². The Hall–Kier alpha value is -4.90. The minimum atomic E-state index is -4.83. The molecule has 0 saturated carbocycles. The zero-order chi connectivity index (χ0) is 42.1. The van der Waals surface area contributed by atoms with Gasteiger partial charge in [-0.1, -0.05) is 54.6 Å². The number of ether oxygens (including phenoxy) is 2. The average Bonchev–Trinajstić information content (AvgIpc) is 3.40. The Morgan fingerprint density at radius 1 is 0.931 bits per heavy atom. The van der Waals surface area contributed by atoms with Crippen LogP contribution in [0, 0.1) is 6.92 Å². The van der Waals surface area contributed by atoms with Crippen LogP contribution < -0.4 is 14.8 Å². The fraction of sp³-hybridized carbons (Fsp3) is 0.349. The molecule has 0 amide bonds. The molecule has 15 heteroatoms. The van der Waals surface area contributed by atoms with Crippen LogP contribution >= 0.6 is 0 Å². The van der Waals surface area contributed by atoms with Crippen LogP contribution in [0.2, 0.25) is 0 Å². The third-order valence-corrected chi connectivity index (χ3v) is 11.9. The van der Waals surface area contributed by atoms with Crippen LogP contribution in [-0.2, 0) is 39.9 Å². The maximum atomic E-state index is 12.1. The highest BCUT2D eigenvalue weighted by atomic mass is 32.2. The normalized spacial score (nSPS) is 16.6. The number of carboxylic acid groups (broad SMARTS) is 1. The second-order valence-electron chi connectivity index (χ2n) is 14.3. The van der Waals surface area contributed by atoms with Crippen molar-refractivity contribution in [3.05, 3.63) is 119 Å². The van der Waals surface area contributed by atoms with E-state index in [1.165, 1.54) is 18.2 Å². The minimum Gasteiger partial charge on any atom is -0.748 e. The largest absolute Gasteiger partial charge is 0.748 e. The molecule has 0 radical (unpaired) electrons. The molecule has 13 nitrogen and oxygen atoms in total. The Morgan fingerprint density at radius 3 is 2.28 bits per heavy atom. The first-order valence-corrected chi connectivity index (χ1v) is 21.8. The molecule has 3 aliphatic rings. The van der Waals surface area contributed by atoms with Crippen molar-refractivity contribution in [1.29, 1.82) is 0 Å². The van der Waals surface area contributed by atoms with Gasteiger partial charge in [-0.25, -0.2) is 21.4 Å². The summed E-state index contributed by atoms with van der Waals surface area (Å²) in [5.41, 5.74) is 4.35. The average molecular weight is 834 g/mol. The number of carboxylic acids is 1. The summed E-state index contributed by atoms with van der Waals surface area (Å²) in [4.78, 5) is 12.9. The van der Waals surface area contributed by atoms with E-state index in [0.29, 0.717) is 54.8 Å². The summed E-state index contributed by atoms with van der Waals surface area (Å²) in [6.07, 6.45) is 9.63.